The van der Waals surface area contributed by atoms with E-state index >= 15 is 0 Å². The number of ether oxygens (including phenoxy) is 1. The van der Waals surface area contributed by atoms with Gasteiger partial charge in [0.1, 0.15) is 12.9 Å². The molecule has 4 N–H and O–H groups in total. The van der Waals surface area contributed by atoms with Crippen molar-refractivity contribution in [1.82, 2.24) is 14.9 Å². The van der Waals surface area contributed by atoms with Crippen molar-refractivity contribution in [1.29, 1.82) is 0 Å². The molecule has 0 bridgehead atoms. The van der Waals surface area contributed by atoms with Crippen molar-refractivity contribution in [3.63, 3.8) is 0 Å². The van der Waals surface area contributed by atoms with E-state index in [-0.39, 0.29) is 5.97 Å². The number of cyclic esters (lactones) is 1. The van der Waals surface area contributed by atoms with Gasteiger partial charge in [-0.25, -0.2) is 20.6 Å². The van der Waals surface area contributed by atoms with Gasteiger partial charge in [0, 0.05) is 48.9 Å². The molecular formula is C26H31N7O2. The summed E-state index contributed by atoms with van der Waals surface area (Å²) in [6.07, 6.45) is 5.09. The monoisotopic (exact) mass is 473 g/mol. The molecule has 2 aromatic carbocycles. The summed E-state index contributed by atoms with van der Waals surface area (Å²) in [5, 5.41) is 4.77. The van der Waals surface area contributed by atoms with E-state index in [1.165, 1.54) is 22.5 Å². The summed E-state index contributed by atoms with van der Waals surface area (Å²) in [6.45, 7) is 7.11. The molecule has 0 spiro atoms. The lowest BCUT2D eigenvalue weighted by Crippen LogP contribution is -2.33. The zero-order chi connectivity index (χ0) is 24.8. The normalized spacial score (nSPS) is 14.7. The predicted molar refractivity (Wildman–Crippen MR) is 136 cm³/mol. The number of benzene rings is 2. The van der Waals surface area contributed by atoms with Gasteiger partial charge in [-0.05, 0) is 42.3 Å². The fourth-order valence-electron chi connectivity index (χ4n) is 4.26. The SMILES string of the molecule is CC.N/N=C\N(N)c1ccc(-c2ncc3c(n2)CCN(CCc2ccc4c(c2)COC4=O)C3)cc1. The molecule has 0 aliphatic carbocycles. The van der Waals surface area contributed by atoms with Crippen molar-refractivity contribution in [2.75, 3.05) is 18.1 Å². The van der Waals surface area contributed by atoms with E-state index in [4.69, 9.17) is 21.4 Å². The van der Waals surface area contributed by atoms with Crippen molar-refractivity contribution in [2.24, 2.45) is 16.8 Å². The third-order valence-corrected chi connectivity index (χ3v) is 6.09. The van der Waals surface area contributed by atoms with Gasteiger partial charge in [0.25, 0.3) is 0 Å². The van der Waals surface area contributed by atoms with Crippen LogP contribution in [0.1, 0.15) is 46.6 Å². The summed E-state index contributed by atoms with van der Waals surface area (Å²) in [5.41, 5.74) is 6.87. The van der Waals surface area contributed by atoms with E-state index in [0.29, 0.717) is 18.0 Å². The summed E-state index contributed by atoms with van der Waals surface area (Å²) in [4.78, 5) is 23.5. The van der Waals surface area contributed by atoms with Gasteiger partial charge >= 0.3 is 5.97 Å². The Bertz CT molecular complexity index is 1210. The van der Waals surface area contributed by atoms with Crippen molar-refractivity contribution in [3.8, 4) is 11.4 Å². The number of fused-ring (bicyclic) bond motifs is 2. The summed E-state index contributed by atoms with van der Waals surface area (Å²) < 4.78 is 5.10. The molecule has 0 saturated heterocycles. The molecule has 9 nitrogen and oxygen atoms in total. The van der Waals surface area contributed by atoms with Crippen LogP contribution in [0.15, 0.2) is 53.8 Å². The van der Waals surface area contributed by atoms with Gasteiger partial charge in [-0.15, -0.1) is 0 Å². The van der Waals surface area contributed by atoms with E-state index < -0.39 is 0 Å². The first-order chi connectivity index (χ1) is 17.1. The Hall–Kier alpha value is -3.82. The molecule has 35 heavy (non-hydrogen) atoms. The molecule has 5 rings (SSSR count). The van der Waals surface area contributed by atoms with Crippen LogP contribution in [-0.2, 0) is 30.7 Å². The highest BCUT2D eigenvalue weighted by Gasteiger charge is 2.22. The number of anilines is 1. The van der Waals surface area contributed by atoms with Crippen LogP contribution in [-0.4, -0.2) is 40.3 Å². The number of hydrogen-bond acceptors (Lipinski definition) is 8. The third kappa shape index (κ3) is 5.47. The molecule has 182 valence electrons. The first-order valence-corrected chi connectivity index (χ1v) is 11.8. The smallest absolute Gasteiger partial charge is 0.338 e. The van der Waals surface area contributed by atoms with Crippen LogP contribution in [0.5, 0.6) is 0 Å². The number of aromatic nitrogens is 2. The Morgan fingerprint density at radius 3 is 2.74 bits per heavy atom. The van der Waals surface area contributed by atoms with E-state index in [0.717, 1.165) is 55.0 Å². The molecule has 0 atom stereocenters. The molecule has 0 amide bonds. The zero-order valence-corrected chi connectivity index (χ0v) is 20.1. The Morgan fingerprint density at radius 1 is 1.17 bits per heavy atom. The van der Waals surface area contributed by atoms with Crippen LogP contribution in [0.3, 0.4) is 0 Å². The molecular weight excluding hydrogens is 442 g/mol. The number of carbonyl (C=O) groups excluding carboxylic acids is 1. The first kappa shape index (κ1) is 24.3. The molecule has 2 aliphatic heterocycles. The zero-order valence-electron chi connectivity index (χ0n) is 20.1. The predicted octanol–water partition coefficient (Wildman–Crippen LogP) is 3.02. The quantitative estimate of drug-likeness (QED) is 0.184. The van der Waals surface area contributed by atoms with Gasteiger partial charge in [-0.3, -0.25) is 9.91 Å². The van der Waals surface area contributed by atoms with Gasteiger partial charge < -0.3 is 10.6 Å². The Balaban J connectivity index is 0.00000141. The largest absolute Gasteiger partial charge is 0.457 e. The Morgan fingerprint density at radius 2 is 1.97 bits per heavy atom. The van der Waals surface area contributed by atoms with Crippen LogP contribution < -0.4 is 16.7 Å². The van der Waals surface area contributed by atoms with Gasteiger partial charge in [0.05, 0.1) is 16.9 Å². The molecule has 2 aliphatic rings. The van der Waals surface area contributed by atoms with Crippen LogP contribution in [0.25, 0.3) is 11.4 Å². The number of nitrogens with zero attached hydrogens (tertiary/aromatic N) is 5. The molecule has 0 fully saturated rings. The van der Waals surface area contributed by atoms with Crippen molar-refractivity contribution < 1.29 is 9.53 Å². The number of esters is 1. The number of hydrazone groups is 1. The summed E-state index contributed by atoms with van der Waals surface area (Å²) in [6, 6.07) is 13.6. The molecule has 1 aromatic heterocycles. The minimum absolute atomic E-state index is 0.220. The Labute approximate surface area is 205 Å². The number of hydrogen-bond donors (Lipinski definition) is 2. The van der Waals surface area contributed by atoms with Gasteiger partial charge in [-0.2, -0.15) is 5.10 Å². The second kappa shape index (κ2) is 11.1. The summed E-state index contributed by atoms with van der Waals surface area (Å²) in [7, 11) is 0. The van der Waals surface area contributed by atoms with E-state index in [1.807, 2.05) is 56.4 Å². The van der Waals surface area contributed by atoms with E-state index in [9.17, 15) is 4.79 Å². The maximum Gasteiger partial charge on any atom is 0.338 e. The number of nitrogens with two attached hydrogens (primary N) is 2. The van der Waals surface area contributed by atoms with Crippen LogP contribution in [0.2, 0.25) is 0 Å². The van der Waals surface area contributed by atoms with Crippen LogP contribution in [0, 0.1) is 0 Å². The minimum Gasteiger partial charge on any atom is -0.457 e. The van der Waals surface area contributed by atoms with Crippen molar-refractivity contribution in [2.45, 2.75) is 39.8 Å². The van der Waals surface area contributed by atoms with Gasteiger partial charge in [0.2, 0.25) is 0 Å². The van der Waals surface area contributed by atoms with E-state index in [2.05, 4.69) is 21.1 Å². The second-order valence-electron chi connectivity index (χ2n) is 8.23. The molecule has 9 heteroatoms. The highest BCUT2D eigenvalue weighted by molar-refractivity contribution is 5.93. The minimum atomic E-state index is -0.220. The molecule has 0 unspecified atom stereocenters. The highest BCUT2D eigenvalue weighted by atomic mass is 16.5. The average molecular weight is 474 g/mol. The topological polar surface area (TPSA) is 123 Å². The lowest BCUT2D eigenvalue weighted by Gasteiger charge is -2.28. The maximum atomic E-state index is 11.6. The molecule has 0 radical (unpaired) electrons. The lowest BCUT2D eigenvalue weighted by molar-refractivity contribution is 0.0535. The van der Waals surface area contributed by atoms with Crippen molar-refractivity contribution in [3.05, 3.63) is 76.6 Å². The maximum absolute atomic E-state index is 11.6. The fraction of sp³-hybridized carbons (Fsp3) is 0.308. The van der Waals surface area contributed by atoms with E-state index in [1.54, 1.807) is 0 Å². The number of hydrazine groups is 1. The lowest BCUT2D eigenvalue weighted by atomic mass is 10.0. The third-order valence-electron chi connectivity index (χ3n) is 6.09. The first-order valence-electron chi connectivity index (χ1n) is 11.8. The summed E-state index contributed by atoms with van der Waals surface area (Å²) in [5.74, 6) is 11.5. The fourth-order valence-corrected chi connectivity index (χ4v) is 4.26. The van der Waals surface area contributed by atoms with Crippen molar-refractivity contribution >= 4 is 18.0 Å². The number of rotatable bonds is 6. The Kier molecular flexibility index (Phi) is 7.69. The number of carbonyl (C=O) groups is 1. The molecule has 0 saturated carbocycles. The highest BCUT2D eigenvalue weighted by Crippen LogP contribution is 2.24. The second-order valence-corrected chi connectivity index (χ2v) is 8.23. The molecule has 3 aromatic rings. The van der Waals surface area contributed by atoms with Crippen LogP contribution in [0.4, 0.5) is 5.69 Å². The van der Waals surface area contributed by atoms with Crippen LogP contribution >= 0.6 is 0 Å². The standard InChI is InChI=1S/C24H25N7O2.C2H6/c25-28-15-31(26)20-4-2-17(3-5-20)23-27-12-19-13-30(10-8-22(19)29-23)9-7-16-1-6-21-18(11-16)14-33-24(21)32;1-2/h1-6,11-12,15H,7-10,13-14,25-26H2;1-2H3/b28-15-;. The van der Waals surface area contributed by atoms with Gasteiger partial charge in [-0.1, -0.05) is 26.0 Å². The summed E-state index contributed by atoms with van der Waals surface area (Å²) >= 11 is 0. The average Bonchev–Trinajstić information content (AvgIpc) is 3.28. The van der Waals surface area contributed by atoms with Gasteiger partial charge in [0.15, 0.2) is 5.82 Å². The molecule has 3 heterocycles.